The summed E-state index contributed by atoms with van der Waals surface area (Å²) < 4.78 is 38.4. The minimum atomic E-state index is -4.47. The van der Waals surface area contributed by atoms with Gasteiger partial charge in [0.1, 0.15) is 5.82 Å². The number of pyridine rings is 1. The van der Waals surface area contributed by atoms with Crippen molar-refractivity contribution in [3.05, 3.63) is 28.7 Å². The van der Waals surface area contributed by atoms with Crippen molar-refractivity contribution in [3.8, 4) is 0 Å². The Kier molecular flexibility index (Phi) is 5.99. The third-order valence-corrected chi connectivity index (χ3v) is 5.02. The predicted molar refractivity (Wildman–Crippen MR) is 105 cm³/mol. The molecule has 3 rings (SSSR count). The predicted octanol–water partition coefficient (Wildman–Crippen LogP) is 2.47. The number of nitrogens with two attached hydrogens (primary N) is 1. The molecule has 0 aromatic carbocycles. The van der Waals surface area contributed by atoms with Crippen LogP contribution in [0.3, 0.4) is 0 Å². The molecule has 0 unspecified atom stereocenters. The van der Waals surface area contributed by atoms with Gasteiger partial charge in [0.25, 0.3) is 0 Å². The van der Waals surface area contributed by atoms with Gasteiger partial charge in [-0.3, -0.25) is 4.90 Å². The number of anilines is 3. The summed E-state index contributed by atoms with van der Waals surface area (Å²) in [5.74, 6) is 1.57. The zero-order valence-electron chi connectivity index (χ0n) is 16.3. The average Bonchev–Trinajstić information content (AvgIpc) is 2.66. The van der Waals surface area contributed by atoms with E-state index in [-0.39, 0.29) is 17.0 Å². The van der Waals surface area contributed by atoms with Crippen LogP contribution < -0.4 is 15.5 Å². The van der Waals surface area contributed by atoms with E-state index in [1.165, 1.54) is 0 Å². The fourth-order valence-corrected chi connectivity index (χ4v) is 3.37. The van der Waals surface area contributed by atoms with Crippen molar-refractivity contribution in [2.24, 2.45) is 0 Å². The number of hydrogen-bond donors (Lipinski definition) is 1. The highest BCUT2D eigenvalue weighted by atomic mass is 35.5. The first kappa shape index (κ1) is 21.3. The van der Waals surface area contributed by atoms with Gasteiger partial charge in [0.05, 0.1) is 16.6 Å². The normalized spacial score (nSPS) is 16.7. The van der Waals surface area contributed by atoms with Crippen molar-refractivity contribution in [2.45, 2.75) is 19.1 Å². The van der Waals surface area contributed by atoms with Crippen LogP contribution in [0, 0.1) is 0 Å². The molecule has 0 spiro atoms. The Labute approximate surface area is 171 Å². The zero-order valence-corrected chi connectivity index (χ0v) is 17.0. The topological polar surface area (TPSA) is 87.3 Å². The van der Waals surface area contributed by atoms with Gasteiger partial charge in [0.15, 0.2) is 5.82 Å². The number of halogens is 4. The number of rotatable bonds is 4. The second kappa shape index (κ2) is 8.15. The largest absolute Gasteiger partial charge is 0.417 e. The quantitative estimate of drug-likeness (QED) is 0.791. The Bertz CT molecular complexity index is 868. The van der Waals surface area contributed by atoms with Crippen molar-refractivity contribution in [2.75, 3.05) is 55.8 Å². The molecule has 3 heterocycles. The van der Waals surface area contributed by atoms with E-state index in [0.29, 0.717) is 43.8 Å². The molecule has 12 heteroatoms. The van der Waals surface area contributed by atoms with Crippen LogP contribution in [-0.4, -0.2) is 65.1 Å². The number of nitrogen functional groups attached to an aromatic ring is 1. The summed E-state index contributed by atoms with van der Waals surface area (Å²) in [5, 5.41) is -0.0119. The van der Waals surface area contributed by atoms with Crippen molar-refractivity contribution >= 4 is 29.3 Å². The minimum absolute atomic E-state index is 0.0119. The second-order valence-corrected chi connectivity index (χ2v) is 7.38. The molecule has 0 radical (unpaired) electrons. The molecular weight excluding hydrogens is 409 g/mol. The molecule has 2 N–H and O–H groups in total. The van der Waals surface area contributed by atoms with Crippen LogP contribution in [0.2, 0.25) is 5.02 Å². The monoisotopic (exact) mass is 430 g/mol. The van der Waals surface area contributed by atoms with E-state index in [2.05, 4.69) is 24.8 Å². The molecule has 8 nitrogen and oxygen atoms in total. The van der Waals surface area contributed by atoms with Crippen LogP contribution >= 0.6 is 11.6 Å². The fraction of sp³-hybridized carbons (Fsp3) is 0.529. The number of hydrogen-bond acceptors (Lipinski definition) is 8. The molecule has 0 saturated carbocycles. The zero-order chi connectivity index (χ0) is 21.3. The lowest BCUT2D eigenvalue weighted by Gasteiger charge is -2.38. The molecule has 0 aliphatic carbocycles. The van der Waals surface area contributed by atoms with Gasteiger partial charge in [0, 0.05) is 46.5 Å². The highest BCUT2D eigenvalue weighted by Crippen LogP contribution is 2.34. The number of alkyl halides is 3. The Morgan fingerprint density at radius 1 is 1.14 bits per heavy atom. The molecule has 1 atom stereocenters. The Hall–Kier alpha value is -2.40. The number of aromatic nitrogens is 4. The summed E-state index contributed by atoms with van der Waals surface area (Å²) in [6.07, 6.45) is -3.66. The van der Waals surface area contributed by atoms with Gasteiger partial charge in [-0.05, 0) is 13.0 Å². The van der Waals surface area contributed by atoms with E-state index in [4.69, 9.17) is 17.3 Å². The van der Waals surface area contributed by atoms with Gasteiger partial charge in [-0.1, -0.05) is 11.6 Å². The lowest BCUT2D eigenvalue weighted by Crippen LogP contribution is -2.47. The molecule has 2 aromatic rings. The molecule has 0 bridgehead atoms. The van der Waals surface area contributed by atoms with E-state index in [0.717, 1.165) is 12.3 Å². The molecular formula is C17H22ClF3N8. The van der Waals surface area contributed by atoms with Crippen LogP contribution in [0.4, 0.5) is 30.9 Å². The maximum Gasteiger partial charge on any atom is 0.417 e. The maximum absolute atomic E-state index is 12.8. The van der Waals surface area contributed by atoms with E-state index >= 15 is 0 Å². The Morgan fingerprint density at radius 2 is 1.79 bits per heavy atom. The lowest BCUT2D eigenvalue weighted by atomic mass is 10.2. The van der Waals surface area contributed by atoms with E-state index in [1.807, 2.05) is 25.9 Å². The maximum atomic E-state index is 12.8. The van der Waals surface area contributed by atoms with E-state index in [9.17, 15) is 13.2 Å². The Morgan fingerprint density at radius 3 is 2.34 bits per heavy atom. The summed E-state index contributed by atoms with van der Waals surface area (Å²) in [4.78, 5) is 22.5. The summed E-state index contributed by atoms with van der Waals surface area (Å²) in [7, 11) is 3.64. The van der Waals surface area contributed by atoms with Gasteiger partial charge in [-0.15, -0.1) is 0 Å². The molecule has 158 valence electrons. The number of nitrogens with zero attached hydrogens (tertiary/aromatic N) is 7. The first-order valence-corrected chi connectivity index (χ1v) is 9.34. The average molecular weight is 431 g/mol. The van der Waals surface area contributed by atoms with Crippen LogP contribution in [0.15, 0.2) is 12.3 Å². The van der Waals surface area contributed by atoms with E-state index in [1.54, 1.807) is 4.90 Å². The van der Waals surface area contributed by atoms with Crippen LogP contribution in [0.25, 0.3) is 0 Å². The molecule has 29 heavy (non-hydrogen) atoms. The summed E-state index contributed by atoms with van der Waals surface area (Å²) in [6.45, 7) is 4.38. The SMILES string of the molecule is C[C@@H](c1nc(N)nc(N(C)C)n1)N1CCN(c2ncc(C(F)(F)F)cc2Cl)CC1. The van der Waals surface area contributed by atoms with Crippen LogP contribution in [0.1, 0.15) is 24.4 Å². The third-order valence-electron chi connectivity index (χ3n) is 4.74. The van der Waals surface area contributed by atoms with Crippen molar-refractivity contribution in [1.29, 1.82) is 0 Å². The molecule has 1 fully saturated rings. The van der Waals surface area contributed by atoms with E-state index < -0.39 is 11.7 Å². The Balaban J connectivity index is 1.69. The smallest absolute Gasteiger partial charge is 0.368 e. The van der Waals surface area contributed by atoms with Gasteiger partial charge in [-0.2, -0.15) is 28.1 Å². The van der Waals surface area contributed by atoms with Crippen molar-refractivity contribution < 1.29 is 13.2 Å². The van der Waals surface area contributed by atoms with Crippen molar-refractivity contribution in [3.63, 3.8) is 0 Å². The van der Waals surface area contributed by atoms with Gasteiger partial charge in [-0.25, -0.2) is 4.98 Å². The van der Waals surface area contributed by atoms with Gasteiger partial charge in [0.2, 0.25) is 11.9 Å². The lowest BCUT2D eigenvalue weighted by molar-refractivity contribution is -0.137. The van der Waals surface area contributed by atoms with Crippen molar-refractivity contribution in [1.82, 2.24) is 24.8 Å². The standard InChI is InChI=1S/C17H22ClF3N8/c1-10(13-24-15(22)26-16(25-13)27(2)3)28-4-6-29(7-5-28)14-12(18)8-11(9-23-14)17(19,20)21/h8-10H,4-7H2,1-3H3,(H2,22,24,25,26)/t10-/m0/s1. The fourth-order valence-electron chi connectivity index (χ4n) is 3.09. The second-order valence-electron chi connectivity index (χ2n) is 6.97. The third kappa shape index (κ3) is 4.78. The van der Waals surface area contributed by atoms with Gasteiger partial charge < -0.3 is 15.5 Å². The summed E-state index contributed by atoms with van der Waals surface area (Å²) in [5.41, 5.74) is 4.94. The highest BCUT2D eigenvalue weighted by Gasteiger charge is 2.32. The summed E-state index contributed by atoms with van der Waals surface area (Å²) in [6, 6.07) is 0.812. The molecule has 1 aliphatic heterocycles. The van der Waals surface area contributed by atoms with Crippen LogP contribution in [-0.2, 0) is 6.18 Å². The highest BCUT2D eigenvalue weighted by molar-refractivity contribution is 6.33. The molecule has 0 amide bonds. The molecule has 2 aromatic heterocycles. The molecule has 1 saturated heterocycles. The summed E-state index contributed by atoms with van der Waals surface area (Å²) >= 11 is 6.06. The number of piperazine rings is 1. The molecule has 1 aliphatic rings. The minimum Gasteiger partial charge on any atom is -0.368 e. The first-order chi connectivity index (χ1) is 13.6. The van der Waals surface area contributed by atoms with Gasteiger partial charge >= 0.3 is 6.18 Å². The first-order valence-electron chi connectivity index (χ1n) is 8.96. The van der Waals surface area contributed by atoms with Crippen LogP contribution in [0.5, 0.6) is 0 Å².